The van der Waals surface area contributed by atoms with Crippen molar-refractivity contribution in [1.29, 1.82) is 0 Å². The highest BCUT2D eigenvalue weighted by Crippen LogP contribution is 2.37. The van der Waals surface area contributed by atoms with Crippen LogP contribution in [-0.2, 0) is 4.79 Å². The van der Waals surface area contributed by atoms with Gasteiger partial charge < -0.3 is 4.90 Å². The number of carbonyl (C=O) groups excluding carboxylic acids is 1. The minimum Gasteiger partial charge on any atom is -0.323 e. The molecule has 3 rings (SSSR count). The van der Waals surface area contributed by atoms with Crippen molar-refractivity contribution in [2.75, 3.05) is 0 Å². The van der Waals surface area contributed by atoms with Crippen LogP contribution in [0.4, 0.5) is 0 Å². The van der Waals surface area contributed by atoms with Crippen molar-refractivity contribution in [3.05, 3.63) is 0 Å². The average Bonchev–Trinajstić information content (AvgIpc) is 3.05. The summed E-state index contributed by atoms with van der Waals surface area (Å²) in [7, 11) is 0. The van der Waals surface area contributed by atoms with Gasteiger partial charge in [-0.15, -0.1) is 0 Å². The molecule has 4 atom stereocenters. The molecule has 0 aromatic heterocycles. The minimum absolute atomic E-state index is 0.0813. The Morgan fingerprint density at radius 2 is 1.90 bits per heavy atom. The van der Waals surface area contributed by atoms with E-state index in [-0.39, 0.29) is 6.04 Å². The summed E-state index contributed by atoms with van der Waals surface area (Å²) >= 11 is 0. The van der Waals surface area contributed by atoms with Crippen LogP contribution in [-0.4, -0.2) is 29.1 Å². The van der Waals surface area contributed by atoms with Crippen LogP contribution in [0.3, 0.4) is 0 Å². The Morgan fingerprint density at radius 1 is 1.15 bits per heavy atom. The van der Waals surface area contributed by atoms with Gasteiger partial charge in [0, 0.05) is 6.04 Å². The molecule has 1 amide bonds. The van der Waals surface area contributed by atoms with Gasteiger partial charge in [0.15, 0.2) is 0 Å². The van der Waals surface area contributed by atoms with Crippen LogP contribution in [0.5, 0.6) is 0 Å². The van der Waals surface area contributed by atoms with E-state index in [1.807, 2.05) is 0 Å². The highest BCUT2D eigenvalue weighted by atomic mass is 16.2. The van der Waals surface area contributed by atoms with Crippen molar-refractivity contribution in [3.63, 3.8) is 0 Å². The maximum absolute atomic E-state index is 12.8. The van der Waals surface area contributed by atoms with Crippen molar-refractivity contribution in [3.8, 4) is 0 Å². The van der Waals surface area contributed by atoms with Crippen LogP contribution in [0.25, 0.3) is 0 Å². The van der Waals surface area contributed by atoms with Crippen molar-refractivity contribution in [2.45, 2.75) is 89.9 Å². The molecular formula is C17H30N2O. The highest BCUT2D eigenvalue weighted by molar-refractivity contribution is 5.84. The van der Waals surface area contributed by atoms with Crippen molar-refractivity contribution < 1.29 is 4.79 Å². The van der Waals surface area contributed by atoms with Crippen molar-refractivity contribution >= 4 is 5.91 Å². The van der Waals surface area contributed by atoms with Gasteiger partial charge in [-0.3, -0.25) is 10.1 Å². The summed E-state index contributed by atoms with van der Waals surface area (Å²) in [6.45, 7) is 4.48. The first-order valence-corrected chi connectivity index (χ1v) is 8.79. The van der Waals surface area contributed by atoms with Crippen molar-refractivity contribution in [1.82, 2.24) is 10.2 Å². The first-order chi connectivity index (χ1) is 9.70. The monoisotopic (exact) mass is 278 g/mol. The molecule has 0 bridgehead atoms. The lowest BCUT2D eigenvalue weighted by atomic mass is 9.85. The molecule has 1 N–H and O–H groups in total. The van der Waals surface area contributed by atoms with Crippen LogP contribution in [0.2, 0.25) is 0 Å². The van der Waals surface area contributed by atoms with Gasteiger partial charge >= 0.3 is 0 Å². The molecule has 3 aliphatic rings. The van der Waals surface area contributed by atoms with E-state index in [4.69, 9.17) is 0 Å². The fourth-order valence-corrected chi connectivity index (χ4v) is 4.67. The second-order valence-corrected chi connectivity index (χ2v) is 7.29. The van der Waals surface area contributed by atoms with Gasteiger partial charge in [-0.25, -0.2) is 0 Å². The largest absolute Gasteiger partial charge is 0.323 e. The average molecular weight is 278 g/mol. The molecule has 3 nitrogen and oxygen atoms in total. The summed E-state index contributed by atoms with van der Waals surface area (Å²) in [6, 6.07) is 0.582. The molecule has 0 radical (unpaired) electrons. The van der Waals surface area contributed by atoms with Gasteiger partial charge in [0.2, 0.25) is 5.91 Å². The van der Waals surface area contributed by atoms with Crippen LogP contribution < -0.4 is 5.32 Å². The predicted molar refractivity (Wildman–Crippen MR) is 81.2 cm³/mol. The summed E-state index contributed by atoms with van der Waals surface area (Å²) in [5.41, 5.74) is 0. The molecule has 114 valence electrons. The Bertz CT molecular complexity index is 351. The van der Waals surface area contributed by atoms with E-state index in [0.29, 0.717) is 24.0 Å². The maximum atomic E-state index is 12.8. The Labute approximate surface area is 123 Å². The van der Waals surface area contributed by atoms with E-state index < -0.39 is 0 Å². The maximum Gasteiger partial charge on any atom is 0.241 e. The predicted octanol–water partition coefficient (Wildman–Crippen LogP) is 3.29. The van der Waals surface area contributed by atoms with Crippen LogP contribution in [0, 0.1) is 11.8 Å². The fourth-order valence-electron chi connectivity index (χ4n) is 4.67. The standard InChI is InChI=1S/C17H30N2O/c1-3-15-17(20)19(14-10-6-7-12(2)11-14)16(18-15)13-8-4-5-9-13/h12-16,18H,3-11H2,1-2H3. The zero-order chi connectivity index (χ0) is 14.1. The number of hydrogen-bond donors (Lipinski definition) is 1. The highest BCUT2D eigenvalue weighted by Gasteiger charge is 2.45. The molecule has 0 spiro atoms. The lowest BCUT2D eigenvalue weighted by Crippen LogP contribution is -2.49. The smallest absolute Gasteiger partial charge is 0.241 e. The molecule has 1 saturated heterocycles. The molecular weight excluding hydrogens is 248 g/mol. The fraction of sp³-hybridized carbons (Fsp3) is 0.941. The number of nitrogens with one attached hydrogen (secondary N) is 1. The Balaban J connectivity index is 1.77. The van der Waals surface area contributed by atoms with E-state index >= 15 is 0 Å². The third kappa shape index (κ3) is 2.61. The van der Waals surface area contributed by atoms with Crippen LogP contribution in [0.15, 0.2) is 0 Å². The van der Waals surface area contributed by atoms with Gasteiger partial charge in [-0.05, 0) is 43.9 Å². The number of amides is 1. The van der Waals surface area contributed by atoms with Gasteiger partial charge in [0.1, 0.15) is 0 Å². The van der Waals surface area contributed by atoms with Gasteiger partial charge in [-0.1, -0.05) is 39.5 Å². The lowest BCUT2D eigenvalue weighted by Gasteiger charge is -2.39. The molecule has 2 saturated carbocycles. The summed E-state index contributed by atoms with van der Waals surface area (Å²) in [5.74, 6) is 1.88. The SMILES string of the molecule is CCC1NC(C2CCCC2)N(C2CCCC(C)C2)C1=O. The molecule has 2 aliphatic carbocycles. The molecule has 1 aliphatic heterocycles. The number of hydrogen-bond acceptors (Lipinski definition) is 2. The van der Waals surface area contributed by atoms with Gasteiger partial charge in [-0.2, -0.15) is 0 Å². The topological polar surface area (TPSA) is 32.3 Å². The summed E-state index contributed by atoms with van der Waals surface area (Å²) < 4.78 is 0. The zero-order valence-corrected chi connectivity index (χ0v) is 13.1. The van der Waals surface area contributed by atoms with E-state index in [9.17, 15) is 4.79 Å². The lowest BCUT2D eigenvalue weighted by molar-refractivity contribution is -0.134. The number of carbonyl (C=O) groups is 1. The van der Waals surface area contributed by atoms with Crippen molar-refractivity contribution in [2.24, 2.45) is 11.8 Å². The summed E-state index contributed by atoms with van der Waals surface area (Å²) in [6.07, 6.45) is 11.7. The van der Waals surface area contributed by atoms with E-state index in [1.165, 1.54) is 51.4 Å². The third-order valence-corrected chi connectivity index (χ3v) is 5.78. The van der Waals surface area contributed by atoms with E-state index in [1.54, 1.807) is 0 Å². The summed E-state index contributed by atoms with van der Waals surface area (Å²) in [5, 5.41) is 3.67. The second-order valence-electron chi connectivity index (χ2n) is 7.29. The second kappa shape index (κ2) is 6.05. The van der Waals surface area contributed by atoms with E-state index in [2.05, 4.69) is 24.1 Å². The van der Waals surface area contributed by atoms with Crippen LogP contribution in [0.1, 0.15) is 71.6 Å². The molecule has 0 aromatic carbocycles. The first-order valence-electron chi connectivity index (χ1n) is 8.79. The molecule has 20 heavy (non-hydrogen) atoms. The molecule has 1 heterocycles. The summed E-state index contributed by atoms with van der Waals surface area (Å²) in [4.78, 5) is 15.1. The molecule has 3 heteroatoms. The van der Waals surface area contributed by atoms with Crippen LogP contribution >= 0.6 is 0 Å². The van der Waals surface area contributed by atoms with Gasteiger partial charge in [0.25, 0.3) is 0 Å². The first kappa shape index (κ1) is 14.4. The number of rotatable bonds is 3. The third-order valence-electron chi connectivity index (χ3n) is 5.78. The Morgan fingerprint density at radius 3 is 2.55 bits per heavy atom. The zero-order valence-electron chi connectivity index (χ0n) is 13.1. The quantitative estimate of drug-likeness (QED) is 0.859. The Kier molecular flexibility index (Phi) is 4.34. The van der Waals surface area contributed by atoms with E-state index in [0.717, 1.165) is 12.3 Å². The minimum atomic E-state index is 0.0813. The number of nitrogens with zero attached hydrogens (tertiary/aromatic N) is 1. The Hall–Kier alpha value is -0.570. The normalized spacial score (nSPS) is 39.7. The molecule has 0 aromatic rings. The molecule has 4 unspecified atom stereocenters. The van der Waals surface area contributed by atoms with Gasteiger partial charge in [0.05, 0.1) is 12.2 Å². The molecule has 3 fully saturated rings.